The van der Waals surface area contributed by atoms with Crippen LogP contribution >= 0.6 is 0 Å². The van der Waals surface area contributed by atoms with Crippen molar-refractivity contribution < 1.29 is 0 Å². The molecule has 0 fully saturated rings. The second kappa shape index (κ2) is 46.5. The molecule has 0 aromatic rings. The number of hydrogen-bond donors (Lipinski definition) is 0. The summed E-state index contributed by atoms with van der Waals surface area (Å²) in [5.74, 6) is 7.45. The predicted octanol–water partition coefficient (Wildman–Crippen LogP) is 22.0. The fraction of sp³-hybridized carbons (Fsp3) is 1.00. The maximum absolute atomic E-state index is 2.52. The highest BCUT2D eigenvalue weighted by Gasteiger charge is 2.13. The lowest BCUT2D eigenvalue weighted by Crippen LogP contribution is -2.07. The van der Waals surface area contributed by atoms with Crippen LogP contribution in [0, 0.1) is 47.3 Å². The van der Waals surface area contributed by atoms with Crippen LogP contribution in [-0.4, -0.2) is 0 Å². The Morgan fingerprint density at radius 2 is 0.483 bits per heavy atom. The minimum absolute atomic E-state index is 0.878. The molecule has 0 aromatic carbocycles. The van der Waals surface area contributed by atoms with Gasteiger partial charge in [-0.2, -0.15) is 0 Å². The molecule has 0 radical (unpaired) electrons. The van der Waals surface area contributed by atoms with E-state index >= 15 is 0 Å². The minimum atomic E-state index is 0.878. The van der Waals surface area contributed by atoms with Gasteiger partial charge in [-0.15, -0.1) is 0 Å². The molecule has 0 bridgehead atoms. The molecule has 0 rings (SSSR count). The molecule has 0 nitrogen and oxygen atoms in total. The molecule has 0 N–H and O–H groups in total. The van der Waals surface area contributed by atoms with Gasteiger partial charge in [0.1, 0.15) is 0 Å². The van der Waals surface area contributed by atoms with Crippen molar-refractivity contribution in [2.45, 2.75) is 327 Å². The third-order valence-corrected chi connectivity index (χ3v) is 14.2. The average molecular weight is 818 g/mol. The van der Waals surface area contributed by atoms with E-state index in [1.165, 1.54) is 244 Å². The molecule has 0 saturated heterocycles. The highest BCUT2D eigenvalue weighted by atomic mass is 14.2. The zero-order valence-electron chi connectivity index (χ0n) is 43.5. The van der Waals surface area contributed by atoms with Crippen LogP contribution in [0.15, 0.2) is 0 Å². The molecule has 0 saturated carbocycles. The first-order chi connectivity index (χ1) is 27.9. The van der Waals surface area contributed by atoms with Crippen molar-refractivity contribution in [2.75, 3.05) is 0 Å². The molecule has 6 unspecified atom stereocenters. The van der Waals surface area contributed by atoms with Crippen LogP contribution in [0.5, 0.6) is 0 Å². The lowest BCUT2D eigenvalue weighted by molar-refractivity contribution is 0.319. The Morgan fingerprint density at radius 3 is 0.810 bits per heavy atom. The van der Waals surface area contributed by atoms with Crippen LogP contribution in [0.25, 0.3) is 0 Å². The third kappa shape index (κ3) is 48.7. The fourth-order valence-corrected chi connectivity index (χ4v) is 9.60. The van der Waals surface area contributed by atoms with Crippen molar-refractivity contribution in [3.63, 3.8) is 0 Å². The Morgan fingerprint density at radius 1 is 0.224 bits per heavy atom. The molecule has 0 aliphatic carbocycles. The summed E-state index contributed by atoms with van der Waals surface area (Å²) in [7, 11) is 0. The molecule has 0 heteroatoms. The summed E-state index contributed by atoms with van der Waals surface area (Å²) in [5.41, 5.74) is 0. The van der Waals surface area contributed by atoms with Crippen molar-refractivity contribution in [3.8, 4) is 0 Å². The van der Waals surface area contributed by atoms with Gasteiger partial charge < -0.3 is 0 Å². The summed E-state index contributed by atoms with van der Waals surface area (Å²) in [4.78, 5) is 0. The SMILES string of the molecule is CCCCCCCCCCCCC(C)CC(CC)CCCC(C)CCCC(C)C.CCCCCCCCCCCCC(C)CCC(C)CCCC(C)CCCC(C)C. The van der Waals surface area contributed by atoms with E-state index in [0.717, 1.165) is 47.3 Å². The normalized spacial score (nSPS) is 15.0. The van der Waals surface area contributed by atoms with Crippen molar-refractivity contribution in [1.82, 2.24) is 0 Å². The van der Waals surface area contributed by atoms with E-state index in [9.17, 15) is 0 Å². The largest absolute Gasteiger partial charge is 0.0654 e. The van der Waals surface area contributed by atoms with Gasteiger partial charge in [-0.3, -0.25) is 0 Å². The Hall–Kier alpha value is 0. The molecule has 352 valence electrons. The maximum Gasteiger partial charge on any atom is -0.0414 e. The van der Waals surface area contributed by atoms with Gasteiger partial charge >= 0.3 is 0 Å². The van der Waals surface area contributed by atoms with Crippen molar-refractivity contribution >= 4 is 0 Å². The molecule has 0 amide bonds. The summed E-state index contributed by atoms with van der Waals surface area (Å²) < 4.78 is 0. The second-order valence-corrected chi connectivity index (χ2v) is 22.1. The summed E-state index contributed by atoms with van der Waals surface area (Å²) >= 11 is 0. The Bertz CT molecular complexity index is 734. The third-order valence-electron chi connectivity index (χ3n) is 14.2. The van der Waals surface area contributed by atoms with Gasteiger partial charge in [-0.25, -0.2) is 0 Å². The monoisotopic (exact) mass is 817 g/mol. The van der Waals surface area contributed by atoms with E-state index in [2.05, 4.69) is 83.1 Å². The molecule has 0 aromatic heterocycles. The molecule has 0 aliphatic rings. The van der Waals surface area contributed by atoms with Crippen molar-refractivity contribution in [1.29, 1.82) is 0 Å². The smallest absolute Gasteiger partial charge is 0.0414 e. The summed E-state index contributed by atoms with van der Waals surface area (Å²) in [6.45, 7) is 28.9. The number of hydrogen-bond acceptors (Lipinski definition) is 0. The van der Waals surface area contributed by atoms with Gasteiger partial charge in [-0.1, -0.05) is 321 Å². The summed E-state index contributed by atoms with van der Waals surface area (Å²) in [5, 5.41) is 0. The first-order valence-corrected chi connectivity index (χ1v) is 27.9. The zero-order valence-corrected chi connectivity index (χ0v) is 43.5. The van der Waals surface area contributed by atoms with Gasteiger partial charge in [0.2, 0.25) is 0 Å². The van der Waals surface area contributed by atoms with Crippen LogP contribution in [0.1, 0.15) is 327 Å². The molecule has 0 spiro atoms. The average Bonchev–Trinajstić information content (AvgIpc) is 3.18. The van der Waals surface area contributed by atoms with Crippen molar-refractivity contribution in [2.24, 2.45) is 47.3 Å². The topological polar surface area (TPSA) is 0 Å². The first-order valence-electron chi connectivity index (χ1n) is 27.9. The summed E-state index contributed by atoms with van der Waals surface area (Å²) in [6, 6.07) is 0. The van der Waals surface area contributed by atoms with E-state index in [0.29, 0.717) is 0 Å². The lowest BCUT2D eigenvalue weighted by atomic mass is 9.85. The maximum atomic E-state index is 2.52. The molecular weight excluding hydrogens is 697 g/mol. The Labute approximate surface area is 373 Å². The lowest BCUT2D eigenvalue weighted by Gasteiger charge is -2.21. The van der Waals surface area contributed by atoms with E-state index in [4.69, 9.17) is 0 Å². The van der Waals surface area contributed by atoms with Gasteiger partial charge in [-0.05, 0) is 53.8 Å². The second-order valence-electron chi connectivity index (χ2n) is 22.1. The van der Waals surface area contributed by atoms with Gasteiger partial charge in [0, 0.05) is 0 Å². The molecule has 0 heterocycles. The number of rotatable bonds is 44. The molecule has 0 aliphatic heterocycles. The Balaban J connectivity index is 0. The molecule has 6 atom stereocenters. The summed E-state index contributed by atoms with van der Waals surface area (Å²) in [6.07, 6.45) is 55.3. The van der Waals surface area contributed by atoms with Crippen LogP contribution in [-0.2, 0) is 0 Å². The van der Waals surface area contributed by atoms with E-state index in [1.807, 2.05) is 0 Å². The highest BCUT2D eigenvalue weighted by molar-refractivity contribution is 4.66. The highest BCUT2D eigenvalue weighted by Crippen LogP contribution is 2.28. The standard InChI is InChI=1S/2C29H60/c1-7-8-9-10-11-12-13-14-15-16-20-28(5)24-25-29(6)23-18-22-27(4)21-17-19-26(2)3;1-7-9-10-11-12-13-14-15-16-17-21-28(6)25-29(8-2)24-19-23-27(5)22-18-20-26(3)4/h2*26-29H,7-25H2,1-6H3. The predicted molar refractivity (Wildman–Crippen MR) is 271 cm³/mol. The Kier molecular flexibility index (Phi) is 48.2. The van der Waals surface area contributed by atoms with E-state index in [1.54, 1.807) is 0 Å². The van der Waals surface area contributed by atoms with Gasteiger partial charge in [0.25, 0.3) is 0 Å². The van der Waals surface area contributed by atoms with Gasteiger partial charge in [0.15, 0.2) is 0 Å². The minimum Gasteiger partial charge on any atom is -0.0654 e. The fourth-order valence-electron chi connectivity index (χ4n) is 9.60. The van der Waals surface area contributed by atoms with E-state index < -0.39 is 0 Å². The van der Waals surface area contributed by atoms with Crippen LogP contribution < -0.4 is 0 Å². The molecular formula is C58H120. The quantitative estimate of drug-likeness (QED) is 0.0538. The number of unbranched alkanes of at least 4 members (excludes halogenated alkanes) is 18. The first kappa shape index (κ1) is 60.1. The van der Waals surface area contributed by atoms with Gasteiger partial charge in [0.05, 0.1) is 0 Å². The van der Waals surface area contributed by atoms with E-state index in [-0.39, 0.29) is 0 Å². The zero-order chi connectivity index (χ0) is 43.5. The van der Waals surface area contributed by atoms with Crippen LogP contribution in [0.3, 0.4) is 0 Å². The van der Waals surface area contributed by atoms with Crippen molar-refractivity contribution in [3.05, 3.63) is 0 Å². The molecule has 58 heavy (non-hydrogen) atoms. The van der Waals surface area contributed by atoms with Crippen LogP contribution in [0.2, 0.25) is 0 Å². The van der Waals surface area contributed by atoms with Crippen LogP contribution in [0.4, 0.5) is 0 Å².